The Morgan fingerprint density at radius 2 is 2.15 bits per heavy atom. The van der Waals surface area contributed by atoms with Crippen molar-refractivity contribution in [2.45, 2.75) is 40.8 Å². The largest absolute Gasteiger partial charge is 0.326 e. The maximum absolute atomic E-state index is 12.9. The summed E-state index contributed by atoms with van der Waals surface area (Å²) in [6, 6.07) is 10.7. The van der Waals surface area contributed by atoms with Crippen molar-refractivity contribution in [3.63, 3.8) is 0 Å². The summed E-state index contributed by atoms with van der Waals surface area (Å²) < 4.78 is 27.6. The Bertz CT molecular complexity index is 850. The molecule has 1 unspecified atom stereocenters. The van der Waals surface area contributed by atoms with E-state index in [2.05, 4.69) is 5.32 Å². The van der Waals surface area contributed by atoms with Crippen molar-refractivity contribution in [3.05, 3.63) is 41.8 Å². The van der Waals surface area contributed by atoms with Gasteiger partial charge in [-0.25, -0.2) is 8.42 Å². The quantitative estimate of drug-likeness (QED) is 0.730. The molecule has 26 heavy (non-hydrogen) atoms. The molecule has 1 saturated heterocycles. The highest BCUT2D eigenvalue weighted by Gasteiger charge is 2.35. The summed E-state index contributed by atoms with van der Waals surface area (Å²) in [6.07, 6.45) is 4.64. The average Bonchev–Trinajstić information content (AvgIpc) is 3.17. The molecule has 1 aliphatic rings. The Labute approximate surface area is 162 Å². The lowest BCUT2D eigenvalue weighted by molar-refractivity contribution is -0.117. The predicted molar refractivity (Wildman–Crippen MR) is 107 cm³/mol. The van der Waals surface area contributed by atoms with E-state index in [1.54, 1.807) is 29.3 Å². The normalized spacial score (nSPS) is 18.6. The second kappa shape index (κ2) is 8.56. The van der Waals surface area contributed by atoms with Crippen molar-refractivity contribution in [2.24, 2.45) is 0 Å². The first-order chi connectivity index (χ1) is 12.5. The lowest BCUT2D eigenvalue weighted by Crippen LogP contribution is -2.45. The molecule has 1 amide bonds. The molecule has 3 rings (SSSR count). The summed E-state index contributed by atoms with van der Waals surface area (Å²) in [4.78, 5) is 13.6. The zero-order chi connectivity index (χ0) is 18.6. The first kappa shape index (κ1) is 19.4. The number of anilines is 1. The van der Waals surface area contributed by atoms with Crippen LogP contribution in [0.15, 0.2) is 50.9 Å². The molecule has 0 aliphatic carbocycles. The van der Waals surface area contributed by atoms with Gasteiger partial charge < -0.3 is 5.32 Å². The average molecular weight is 411 g/mol. The molecule has 1 fully saturated rings. The van der Waals surface area contributed by atoms with E-state index < -0.39 is 10.0 Å². The summed E-state index contributed by atoms with van der Waals surface area (Å²) in [5.74, 6) is -0.151. The van der Waals surface area contributed by atoms with Gasteiger partial charge in [-0.05, 0) is 48.7 Å². The smallest absolute Gasteiger partial charge is 0.252 e. The Hall–Kier alpha value is -1.35. The second-order valence-electron chi connectivity index (χ2n) is 6.18. The van der Waals surface area contributed by atoms with Crippen LogP contribution in [-0.2, 0) is 14.8 Å². The van der Waals surface area contributed by atoms with Crippen molar-refractivity contribution in [1.82, 2.24) is 4.31 Å². The van der Waals surface area contributed by atoms with Crippen LogP contribution in [0.2, 0.25) is 0 Å². The van der Waals surface area contributed by atoms with Gasteiger partial charge in [-0.2, -0.15) is 4.31 Å². The molecule has 2 heterocycles. The lowest BCUT2D eigenvalue weighted by atomic mass is 10.0. The van der Waals surface area contributed by atoms with Crippen molar-refractivity contribution >= 4 is 44.7 Å². The van der Waals surface area contributed by atoms with E-state index in [0.29, 0.717) is 17.2 Å². The molecule has 2 aromatic rings. The van der Waals surface area contributed by atoms with Gasteiger partial charge in [0, 0.05) is 29.6 Å². The molecule has 1 aliphatic heterocycles. The van der Waals surface area contributed by atoms with Gasteiger partial charge in [-0.1, -0.05) is 18.6 Å². The Morgan fingerprint density at radius 3 is 2.88 bits per heavy atom. The van der Waals surface area contributed by atoms with Crippen molar-refractivity contribution < 1.29 is 13.2 Å². The van der Waals surface area contributed by atoms with E-state index in [0.717, 1.165) is 23.4 Å². The van der Waals surface area contributed by atoms with Gasteiger partial charge in [0.1, 0.15) is 4.21 Å². The lowest BCUT2D eigenvalue weighted by Gasteiger charge is -2.34. The number of benzene rings is 1. The zero-order valence-electron chi connectivity index (χ0n) is 14.6. The number of nitrogens with zero attached hydrogens (tertiary/aromatic N) is 1. The van der Waals surface area contributed by atoms with Gasteiger partial charge in [-0.3, -0.25) is 4.79 Å². The summed E-state index contributed by atoms with van der Waals surface area (Å²) in [7, 11) is -3.53. The van der Waals surface area contributed by atoms with Gasteiger partial charge in [0.25, 0.3) is 10.0 Å². The predicted octanol–water partition coefficient (Wildman–Crippen LogP) is 4.04. The van der Waals surface area contributed by atoms with Crippen LogP contribution in [-0.4, -0.2) is 37.5 Å². The first-order valence-corrected chi connectivity index (χ1v) is 12.0. The van der Waals surface area contributed by atoms with Crippen LogP contribution in [0.1, 0.15) is 25.7 Å². The molecule has 5 nitrogen and oxygen atoms in total. The third-order valence-corrected chi connectivity index (χ3v) is 8.46. The van der Waals surface area contributed by atoms with Crippen LogP contribution in [0.5, 0.6) is 0 Å². The summed E-state index contributed by atoms with van der Waals surface area (Å²) in [5.41, 5.74) is 0.741. The molecule has 0 bridgehead atoms. The molecule has 140 valence electrons. The van der Waals surface area contributed by atoms with Crippen LogP contribution in [0.3, 0.4) is 0 Å². The second-order valence-corrected chi connectivity index (χ2v) is 10.1. The van der Waals surface area contributed by atoms with Crippen LogP contribution in [0.4, 0.5) is 5.69 Å². The number of hydrogen-bond acceptors (Lipinski definition) is 5. The molecule has 0 spiro atoms. The number of piperidine rings is 1. The number of carbonyl (C=O) groups excluding carboxylic acids is 1. The monoisotopic (exact) mass is 410 g/mol. The highest BCUT2D eigenvalue weighted by Crippen LogP contribution is 2.29. The van der Waals surface area contributed by atoms with Crippen molar-refractivity contribution in [2.75, 3.05) is 18.1 Å². The number of nitrogens with one attached hydrogen (secondary N) is 1. The maximum Gasteiger partial charge on any atom is 0.252 e. The van der Waals surface area contributed by atoms with Gasteiger partial charge in [0.15, 0.2) is 0 Å². The topological polar surface area (TPSA) is 66.5 Å². The Kier molecular flexibility index (Phi) is 6.39. The third kappa shape index (κ3) is 4.49. The van der Waals surface area contributed by atoms with Crippen LogP contribution in [0.25, 0.3) is 0 Å². The fourth-order valence-corrected chi connectivity index (χ4v) is 6.42. The SMILES string of the molecule is CSc1cccc(NC(=O)CC2CCCCN2S(=O)(=O)c2cccs2)c1. The molecule has 1 atom stereocenters. The molecule has 8 heteroatoms. The fraction of sp³-hybridized carbons (Fsp3) is 0.389. The highest BCUT2D eigenvalue weighted by atomic mass is 32.2. The molecular formula is C18H22N2O3S3. The van der Waals surface area contributed by atoms with Gasteiger partial charge in [-0.15, -0.1) is 23.1 Å². The minimum Gasteiger partial charge on any atom is -0.326 e. The summed E-state index contributed by atoms with van der Waals surface area (Å²) in [6.45, 7) is 0.472. The van der Waals surface area contributed by atoms with E-state index in [9.17, 15) is 13.2 Å². The highest BCUT2D eigenvalue weighted by molar-refractivity contribution is 7.98. The number of hydrogen-bond donors (Lipinski definition) is 1. The number of amides is 1. The van der Waals surface area contributed by atoms with Crippen LogP contribution in [0, 0.1) is 0 Å². The number of thiophene rings is 1. The van der Waals surface area contributed by atoms with Gasteiger partial charge in [0.05, 0.1) is 0 Å². The minimum absolute atomic E-state index is 0.151. The maximum atomic E-state index is 12.9. The molecular weight excluding hydrogens is 388 g/mol. The Balaban J connectivity index is 1.71. The first-order valence-electron chi connectivity index (χ1n) is 8.50. The van der Waals surface area contributed by atoms with E-state index >= 15 is 0 Å². The van der Waals surface area contributed by atoms with Gasteiger partial charge >= 0.3 is 0 Å². The molecule has 1 N–H and O–H groups in total. The van der Waals surface area contributed by atoms with Crippen LogP contribution < -0.4 is 5.32 Å². The minimum atomic E-state index is -3.53. The zero-order valence-corrected chi connectivity index (χ0v) is 17.0. The number of carbonyl (C=O) groups is 1. The van der Waals surface area contributed by atoms with Crippen molar-refractivity contribution in [3.8, 4) is 0 Å². The number of rotatable bonds is 6. The molecule has 0 saturated carbocycles. The van der Waals surface area contributed by atoms with E-state index in [-0.39, 0.29) is 18.4 Å². The van der Waals surface area contributed by atoms with Crippen molar-refractivity contribution in [1.29, 1.82) is 0 Å². The van der Waals surface area contributed by atoms with E-state index in [1.165, 1.54) is 15.6 Å². The van der Waals surface area contributed by atoms with E-state index in [1.807, 2.05) is 30.5 Å². The number of thioether (sulfide) groups is 1. The van der Waals surface area contributed by atoms with Crippen LogP contribution >= 0.6 is 23.1 Å². The molecule has 1 aromatic heterocycles. The number of sulfonamides is 1. The summed E-state index contributed by atoms with van der Waals surface area (Å²) >= 11 is 2.83. The Morgan fingerprint density at radius 1 is 1.31 bits per heavy atom. The molecule has 1 aromatic carbocycles. The van der Waals surface area contributed by atoms with Gasteiger partial charge in [0.2, 0.25) is 5.91 Å². The fourth-order valence-electron chi connectivity index (χ4n) is 3.15. The summed E-state index contributed by atoms with van der Waals surface area (Å²) in [5, 5.41) is 4.66. The van der Waals surface area contributed by atoms with E-state index in [4.69, 9.17) is 0 Å². The standard InChI is InChI=1S/C18H22N2O3S3/c1-24-16-8-4-6-14(12-16)19-17(21)13-15-7-2-3-10-20(15)26(22,23)18-9-5-11-25-18/h4-6,8-9,11-12,15H,2-3,7,10,13H2,1H3,(H,19,21). The molecule has 0 radical (unpaired) electrons. The third-order valence-electron chi connectivity index (χ3n) is 4.41.